The highest BCUT2D eigenvalue weighted by atomic mass is 16.2. The number of benzene rings is 1. The standard InChI is InChI=1S/C14H15NO2/c1-8(2)7-15-11-6-9(3)5-10(4)12(11)13(16)14(15)17/h5-6H,1,7H2,2-4H3. The van der Waals surface area contributed by atoms with Gasteiger partial charge in [0.1, 0.15) is 0 Å². The van der Waals surface area contributed by atoms with Crippen LogP contribution in [0.4, 0.5) is 5.69 Å². The summed E-state index contributed by atoms with van der Waals surface area (Å²) in [5.74, 6) is -0.851. The summed E-state index contributed by atoms with van der Waals surface area (Å²) in [7, 11) is 0. The van der Waals surface area contributed by atoms with Gasteiger partial charge in [-0.05, 0) is 38.0 Å². The van der Waals surface area contributed by atoms with Crippen molar-refractivity contribution in [3.63, 3.8) is 0 Å². The number of hydrogen-bond donors (Lipinski definition) is 0. The van der Waals surface area contributed by atoms with Crippen LogP contribution in [0.1, 0.15) is 28.4 Å². The SMILES string of the molecule is C=C(C)CN1C(=O)C(=O)c2c(C)cc(C)cc21. The van der Waals surface area contributed by atoms with Crippen molar-refractivity contribution >= 4 is 17.4 Å². The zero-order valence-corrected chi connectivity index (χ0v) is 10.3. The van der Waals surface area contributed by atoms with Crippen LogP contribution in [0.2, 0.25) is 0 Å². The van der Waals surface area contributed by atoms with Crippen LogP contribution in [0.3, 0.4) is 0 Å². The number of carbonyl (C=O) groups excluding carboxylic acids is 2. The highest BCUT2D eigenvalue weighted by Gasteiger charge is 2.36. The summed E-state index contributed by atoms with van der Waals surface area (Å²) in [6.45, 7) is 9.86. The van der Waals surface area contributed by atoms with Crippen LogP contribution in [0.25, 0.3) is 0 Å². The Kier molecular flexibility index (Phi) is 2.62. The molecule has 0 aromatic heterocycles. The maximum Gasteiger partial charge on any atom is 0.299 e. The van der Waals surface area contributed by atoms with Gasteiger partial charge in [-0.2, -0.15) is 0 Å². The van der Waals surface area contributed by atoms with Crippen LogP contribution in [-0.2, 0) is 4.79 Å². The van der Waals surface area contributed by atoms with E-state index in [-0.39, 0.29) is 0 Å². The third-order valence-corrected chi connectivity index (χ3v) is 2.84. The van der Waals surface area contributed by atoms with Gasteiger partial charge < -0.3 is 4.90 Å². The van der Waals surface area contributed by atoms with Crippen LogP contribution >= 0.6 is 0 Å². The van der Waals surface area contributed by atoms with Crippen molar-refractivity contribution in [3.8, 4) is 0 Å². The molecule has 1 aromatic carbocycles. The first-order chi connectivity index (χ1) is 7.91. The molecule has 1 aliphatic heterocycles. The van der Waals surface area contributed by atoms with Gasteiger partial charge in [-0.15, -0.1) is 0 Å². The highest BCUT2D eigenvalue weighted by Crippen LogP contribution is 2.32. The molecule has 1 aliphatic rings. The van der Waals surface area contributed by atoms with Gasteiger partial charge >= 0.3 is 0 Å². The molecule has 2 rings (SSSR count). The van der Waals surface area contributed by atoms with Crippen LogP contribution in [0, 0.1) is 13.8 Å². The van der Waals surface area contributed by atoms with Gasteiger partial charge in [0.05, 0.1) is 11.3 Å². The lowest BCUT2D eigenvalue weighted by atomic mass is 10.0. The van der Waals surface area contributed by atoms with Gasteiger partial charge in [0.15, 0.2) is 0 Å². The van der Waals surface area contributed by atoms with E-state index in [1.54, 1.807) is 0 Å². The number of fused-ring (bicyclic) bond motifs is 1. The number of rotatable bonds is 2. The van der Waals surface area contributed by atoms with E-state index in [1.807, 2.05) is 32.9 Å². The van der Waals surface area contributed by atoms with Gasteiger partial charge in [0, 0.05) is 6.54 Å². The monoisotopic (exact) mass is 229 g/mol. The average Bonchev–Trinajstić information content (AvgIpc) is 2.42. The minimum Gasteiger partial charge on any atom is -0.301 e. The van der Waals surface area contributed by atoms with E-state index < -0.39 is 11.7 Å². The molecule has 3 nitrogen and oxygen atoms in total. The van der Waals surface area contributed by atoms with Gasteiger partial charge in [-0.25, -0.2) is 0 Å². The van der Waals surface area contributed by atoms with Crippen LogP contribution in [-0.4, -0.2) is 18.2 Å². The highest BCUT2D eigenvalue weighted by molar-refractivity contribution is 6.52. The van der Waals surface area contributed by atoms with E-state index in [0.29, 0.717) is 12.1 Å². The summed E-state index contributed by atoms with van der Waals surface area (Å²) in [5.41, 5.74) is 4.04. The molecule has 3 heteroatoms. The smallest absolute Gasteiger partial charge is 0.299 e. The lowest BCUT2D eigenvalue weighted by molar-refractivity contribution is -0.114. The number of aryl methyl sites for hydroxylation is 2. The minimum atomic E-state index is -0.447. The molecule has 0 N–H and O–H groups in total. The molecule has 1 amide bonds. The number of hydrogen-bond acceptors (Lipinski definition) is 2. The van der Waals surface area contributed by atoms with Crippen molar-refractivity contribution in [2.75, 3.05) is 11.4 Å². The zero-order chi connectivity index (χ0) is 12.7. The molecule has 0 saturated heterocycles. The van der Waals surface area contributed by atoms with Gasteiger partial charge in [0.2, 0.25) is 0 Å². The Morgan fingerprint density at radius 2 is 1.94 bits per heavy atom. The van der Waals surface area contributed by atoms with Crippen molar-refractivity contribution in [2.45, 2.75) is 20.8 Å². The fraction of sp³-hybridized carbons (Fsp3) is 0.286. The van der Waals surface area contributed by atoms with Crippen molar-refractivity contribution < 1.29 is 9.59 Å². The first-order valence-corrected chi connectivity index (χ1v) is 5.53. The molecule has 0 fully saturated rings. The molecule has 0 atom stereocenters. The number of amides is 1. The second kappa shape index (κ2) is 3.84. The zero-order valence-electron chi connectivity index (χ0n) is 10.3. The first-order valence-electron chi connectivity index (χ1n) is 5.53. The van der Waals surface area contributed by atoms with Crippen molar-refractivity contribution in [2.24, 2.45) is 0 Å². The molecular formula is C14H15NO2. The Balaban J connectivity index is 2.59. The molecule has 0 aliphatic carbocycles. The Morgan fingerprint density at radius 1 is 1.29 bits per heavy atom. The van der Waals surface area contributed by atoms with Gasteiger partial charge in [-0.1, -0.05) is 18.2 Å². The van der Waals surface area contributed by atoms with E-state index in [1.165, 1.54) is 4.90 Å². The third-order valence-electron chi connectivity index (χ3n) is 2.84. The quantitative estimate of drug-likeness (QED) is 0.577. The van der Waals surface area contributed by atoms with Crippen molar-refractivity contribution in [3.05, 3.63) is 41.0 Å². The summed E-state index contributed by atoms with van der Waals surface area (Å²) in [6.07, 6.45) is 0. The van der Waals surface area contributed by atoms with E-state index in [4.69, 9.17) is 0 Å². The summed E-state index contributed by atoms with van der Waals surface area (Å²) < 4.78 is 0. The van der Waals surface area contributed by atoms with Gasteiger partial charge in [-0.3, -0.25) is 9.59 Å². The molecule has 17 heavy (non-hydrogen) atoms. The summed E-state index contributed by atoms with van der Waals surface area (Å²) in [6, 6.07) is 3.81. The number of anilines is 1. The fourth-order valence-electron chi connectivity index (χ4n) is 2.22. The van der Waals surface area contributed by atoms with Crippen LogP contribution in [0.15, 0.2) is 24.3 Å². The topological polar surface area (TPSA) is 37.4 Å². The second-order valence-corrected chi connectivity index (χ2v) is 4.65. The predicted molar refractivity (Wildman–Crippen MR) is 67.4 cm³/mol. The molecule has 0 spiro atoms. The molecule has 0 unspecified atom stereocenters. The number of ketones is 1. The van der Waals surface area contributed by atoms with Crippen molar-refractivity contribution in [1.29, 1.82) is 0 Å². The van der Waals surface area contributed by atoms with Gasteiger partial charge in [0.25, 0.3) is 11.7 Å². The number of Topliss-reactive ketones (excluding diaryl/α,β-unsaturated/α-hetero) is 1. The number of nitrogens with zero attached hydrogens (tertiary/aromatic N) is 1. The third kappa shape index (κ3) is 1.78. The molecule has 0 radical (unpaired) electrons. The Bertz CT molecular complexity index is 543. The molecule has 1 heterocycles. The van der Waals surface area contributed by atoms with Crippen LogP contribution in [0.5, 0.6) is 0 Å². The average molecular weight is 229 g/mol. The van der Waals surface area contributed by atoms with E-state index >= 15 is 0 Å². The van der Waals surface area contributed by atoms with Crippen LogP contribution < -0.4 is 4.90 Å². The Morgan fingerprint density at radius 3 is 2.53 bits per heavy atom. The first kappa shape index (κ1) is 11.6. The molecule has 0 bridgehead atoms. The maximum absolute atomic E-state index is 11.9. The predicted octanol–water partition coefficient (Wildman–Crippen LogP) is 2.41. The second-order valence-electron chi connectivity index (χ2n) is 4.65. The van der Waals surface area contributed by atoms with E-state index in [9.17, 15) is 9.59 Å². The lowest BCUT2D eigenvalue weighted by Gasteiger charge is -2.17. The van der Waals surface area contributed by atoms with Crippen molar-refractivity contribution in [1.82, 2.24) is 0 Å². The minimum absolute atomic E-state index is 0.403. The molecule has 1 aromatic rings. The summed E-state index contributed by atoms with van der Waals surface area (Å²) in [5, 5.41) is 0. The summed E-state index contributed by atoms with van der Waals surface area (Å²) >= 11 is 0. The maximum atomic E-state index is 11.9. The summed E-state index contributed by atoms with van der Waals surface area (Å²) in [4.78, 5) is 25.3. The molecule has 88 valence electrons. The largest absolute Gasteiger partial charge is 0.301 e. The van der Waals surface area contributed by atoms with E-state index in [0.717, 1.165) is 22.4 Å². The number of carbonyl (C=O) groups is 2. The van der Waals surface area contributed by atoms with E-state index in [2.05, 4.69) is 6.58 Å². The normalized spacial score (nSPS) is 14.2. The fourth-order valence-corrected chi connectivity index (χ4v) is 2.22. The lowest BCUT2D eigenvalue weighted by Crippen LogP contribution is -2.31. The Hall–Kier alpha value is -1.90. The molecular weight excluding hydrogens is 214 g/mol. The Labute approximate surface area is 101 Å². The molecule has 0 saturated carbocycles.